The molecule has 20 heavy (non-hydrogen) atoms. The van der Waals surface area contributed by atoms with E-state index in [-0.39, 0.29) is 6.10 Å². The van der Waals surface area contributed by atoms with Gasteiger partial charge in [0.1, 0.15) is 0 Å². The molecule has 0 fully saturated rings. The van der Waals surface area contributed by atoms with Crippen LogP contribution < -0.4 is 5.32 Å². The highest BCUT2D eigenvalue weighted by molar-refractivity contribution is 5.31. The monoisotopic (exact) mass is 273 g/mol. The van der Waals surface area contributed by atoms with Crippen molar-refractivity contribution in [3.05, 3.63) is 47.1 Å². The second kappa shape index (κ2) is 6.15. The van der Waals surface area contributed by atoms with Gasteiger partial charge in [-0.15, -0.1) is 0 Å². The second-order valence-corrected chi connectivity index (χ2v) is 5.00. The van der Waals surface area contributed by atoms with E-state index in [1.54, 1.807) is 0 Å². The van der Waals surface area contributed by atoms with E-state index < -0.39 is 0 Å². The summed E-state index contributed by atoms with van der Waals surface area (Å²) in [6.07, 6.45) is 1.90. The van der Waals surface area contributed by atoms with Gasteiger partial charge in [0.25, 0.3) is 0 Å². The number of ether oxygens (including phenoxy) is 1. The molecular formula is C15H19N3O2. The van der Waals surface area contributed by atoms with Crippen LogP contribution in [0.2, 0.25) is 0 Å². The Balaban J connectivity index is 1.50. The number of aromatic nitrogens is 2. The van der Waals surface area contributed by atoms with Gasteiger partial charge in [0.2, 0.25) is 5.89 Å². The molecule has 106 valence electrons. The van der Waals surface area contributed by atoms with Crippen LogP contribution in [0.25, 0.3) is 0 Å². The van der Waals surface area contributed by atoms with Crippen LogP contribution >= 0.6 is 0 Å². The number of aryl methyl sites for hydroxylation is 1. The average Bonchev–Trinajstić information content (AvgIpc) is 2.89. The fourth-order valence-electron chi connectivity index (χ4n) is 2.52. The second-order valence-electron chi connectivity index (χ2n) is 5.00. The van der Waals surface area contributed by atoms with Gasteiger partial charge in [-0.2, -0.15) is 4.98 Å². The van der Waals surface area contributed by atoms with Gasteiger partial charge < -0.3 is 14.6 Å². The number of nitrogens with zero attached hydrogens (tertiary/aromatic N) is 2. The van der Waals surface area contributed by atoms with Crippen molar-refractivity contribution in [1.82, 2.24) is 15.5 Å². The van der Waals surface area contributed by atoms with Crippen LogP contribution in [0, 0.1) is 6.92 Å². The van der Waals surface area contributed by atoms with Crippen LogP contribution in [0.3, 0.4) is 0 Å². The summed E-state index contributed by atoms with van der Waals surface area (Å²) in [7, 11) is 0. The first-order chi connectivity index (χ1) is 9.83. The van der Waals surface area contributed by atoms with Crippen LogP contribution in [0.4, 0.5) is 0 Å². The minimum Gasteiger partial charge on any atom is -0.372 e. The molecule has 5 nitrogen and oxygen atoms in total. The van der Waals surface area contributed by atoms with Gasteiger partial charge in [-0.25, -0.2) is 0 Å². The first-order valence-corrected chi connectivity index (χ1v) is 7.02. The summed E-state index contributed by atoms with van der Waals surface area (Å²) in [5.74, 6) is 1.37. The predicted octanol–water partition coefficient (Wildman–Crippen LogP) is 1.82. The molecule has 2 aromatic rings. The van der Waals surface area contributed by atoms with Crippen molar-refractivity contribution in [3.8, 4) is 0 Å². The van der Waals surface area contributed by atoms with Gasteiger partial charge in [-0.1, -0.05) is 29.4 Å². The number of fused-ring (bicyclic) bond motifs is 1. The summed E-state index contributed by atoms with van der Waals surface area (Å²) in [5.41, 5.74) is 2.71. The maximum atomic E-state index is 5.85. The van der Waals surface area contributed by atoms with Crippen LogP contribution in [0.5, 0.6) is 0 Å². The van der Waals surface area contributed by atoms with E-state index >= 15 is 0 Å². The summed E-state index contributed by atoms with van der Waals surface area (Å²) < 4.78 is 10.9. The molecule has 0 saturated heterocycles. The van der Waals surface area contributed by atoms with Crippen molar-refractivity contribution in [2.24, 2.45) is 0 Å². The summed E-state index contributed by atoms with van der Waals surface area (Å²) in [5, 5.41) is 7.18. The fraction of sp³-hybridized carbons (Fsp3) is 0.467. The summed E-state index contributed by atoms with van der Waals surface area (Å²) in [6.45, 7) is 4.24. The Labute approximate surface area is 118 Å². The van der Waals surface area contributed by atoms with E-state index in [1.165, 1.54) is 11.1 Å². The predicted molar refractivity (Wildman–Crippen MR) is 74.4 cm³/mol. The smallest absolute Gasteiger partial charge is 0.227 e. The van der Waals surface area contributed by atoms with Gasteiger partial charge in [-0.3, -0.25) is 0 Å². The van der Waals surface area contributed by atoms with Gasteiger partial charge in [0.05, 0.1) is 12.7 Å². The summed E-state index contributed by atoms with van der Waals surface area (Å²) in [4.78, 5) is 4.18. The minimum absolute atomic E-state index is 0.143. The Bertz CT molecular complexity index is 568. The Hall–Kier alpha value is -1.72. The van der Waals surface area contributed by atoms with Gasteiger partial charge in [0, 0.05) is 19.5 Å². The molecule has 0 aliphatic carbocycles. The first kappa shape index (κ1) is 13.3. The standard InChI is InChI=1S/C15H19N3O2/c1-11-17-15(20-18-11)6-8-16-10-14-13-5-3-2-4-12(13)7-9-19-14/h2-5,14,16H,6-10H2,1H3. The summed E-state index contributed by atoms with van der Waals surface area (Å²) in [6, 6.07) is 8.50. The third kappa shape index (κ3) is 3.05. The average molecular weight is 273 g/mol. The molecule has 3 rings (SSSR count). The molecule has 0 saturated carbocycles. The van der Waals surface area contributed by atoms with Gasteiger partial charge in [0.15, 0.2) is 5.82 Å². The Morgan fingerprint density at radius 2 is 2.25 bits per heavy atom. The Morgan fingerprint density at radius 1 is 1.35 bits per heavy atom. The lowest BCUT2D eigenvalue weighted by molar-refractivity contribution is 0.0426. The molecule has 1 aliphatic rings. The highest BCUT2D eigenvalue weighted by Crippen LogP contribution is 2.26. The van der Waals surface area contributed by atoms with Gasteiger partial charge in [-0.05, 0) is 24.5 Å². The number of hydrogen-bond acceptors (Lipinski definition) is 5. The lowest BCUT2D eigenvalue weighted by Gasteiger charge is -2.26. The van der Waals surface area contributed by atoms with Crippen molar-refractivity contribution in [2.75, 3.05) is 19.7 Å². The zero-order valence-electron chi connectivity index (χ0n) is 11.6. The SMILES string of the molecule is Cc1noc(CCNCC2OCCc3ccccc32)n1. The van der Waals surface area contributed by atoms with Crippen LogP contribution in [0.15, 0.2) is 28.8 Å². The van der Waals surface area contributed by atoms with Crippen molar-refractivity contribution >= 4 is 0 Å². The molecular weight excluding hydrogens is 254 g/mol. The maximum absolute atomic E-state index is 5.85. The van der Waals surface area contributed by atoms with E-state index in [0.717, 1.165) is 32.5 Å². The van der Waals surface area contributed by atoms with E-state index in [4.69, 9.17) is 9.26 Å². The molecule has 1 N–H and O–H groups in total. The van der Waals surface area contributed by atoms with E-state index in [0.29, 0.717) is 11.7 Å². The number of hydrogen-bond donors (Lipinski definition) is 1. The lowest BCUT2D eigenvalue weighted by atomic mass is 9.97. The third-order valence-corrected chi connectivity index (χ3v) is 3.51. The molecule has 0 spiro atoms. The van der Waals surface area contributed by atoms with Crippen LogP contribution in [-0.4, -0.2) is 29.8 Å². The van der Waals surface area contributed by atoms with E-state index in [9.17, 15) is 0 Å². The van der Waals surface area contributed by atoms with Crippen molar-refractivity contribution < 1.29 is 9.26 Å². The quantitative estimate of drug-likeness (QED) is 0.842. The zero-order valence-corrected chi connectivity index (χ0v) is 11.6. The molecule has 1 unspecified atom stereocenters. The molecule has 1 aromatic heterocycles. The van der Waals surface area contributed by atoms with Crippen molar-refractivity contribution in [2.45, 2.75) is 25.9 Å². The highest BCUT2D eigenvalue weighted by Gasteiger charge is 2.19. The van der Waals surface area contributed by atoms with E-state index in [2.05, 4.69) is 39.7 Å². The number of rotatable bonds is 5. The van der Waals surface area contributed by atoms with Crippen LogP contribution in [-0.2, 0) is 17.6 Å². The first-order valence-electron chi connectivity index (χ1n) is 7.02. The number of benzene rings is 1. The number of nitrogens with one attached hydrogen (secondary N) is 1. The molecule has 1 aromatic carbocycles. The topological polar surface area (TPSA) is 60.2 Å². The molecule has 2 heterocycles. The third-order valence-electron chi connectivity index (χ3n) is 3.51. The zero-order chi connectivity index (χ0) is 13.8. The van der Waals surface area contributed by atoms with Crippen molar-refractivity contribution in [3.63, 3.8) is 0 Å². The molecule has 0 bridgehead atoms. The largest absolute Gasteiger partial charge is 0.372 e. The van der Waals surface area contributed by atoms with Gasteiger partial charge >= 0.3 is 0 Å². The molecule has 0 amide bonds. The highest BCUT2D eigenvalue weighted by atomic mass is 16.5. The molecule has 1 atom stereocenters. The summed E-state index contributed by atoms with van der Waals surface area (Å²) >= 11 is 0. The Kier molecular flexibility index (Phi) is 4.08. The molecule has 5 heteroatoms. The van der Waals surface area contributed by atoms with Crippen LogP contribution in [0.1, 0.15) is 28.9 Å². The normalized spacial score (nSPS) is 17.9. The molecule has 1 aliphatic heterocycles. The van der Waals surface area contributed by atoms with Crippen molar-refractivity contribution in [1.29, 1.82) is 0 Å². The fourth-order valence-corrected chi connectivity index (χ4v) is 2.52. The molecule has 0 radical (unpaired) electrons. The van der Waals surface area contributed by atoms with E-state index in [1.807, 2.05) is 6.92 Å². The maximum Gasteiger partial charge on any atom is 0.227 e. The minimum atomic E-state index is 0.143. The Morgan fingerprint density at radius 3 is 3.10 bits per heavy atom. The lowest BCUT2D eigenvalue weighted by Crippen LogP contribution is -2.28.